The molecule has 0 spiro atoms. The second-order valence-corrected chi connectivity index (χ2v) is 9.54. The van der Waals surface area contributed by atoms with E-state index in [1.165, 1.54) is 5.69 Å². The third-order valence-electron chi connectivity index (χ3n) is 7.57. The third kappa shape index (κ3) is 3.84. The Hall–Kier alpha value is -3.32. The van der Waals surface area contributed by atoms with Crippen LogP contribution in [-0.4, -0.2) is 63.8 Å². The average molecular weight is 458 g/mol. The molecule has 2 N–H and O–H groups in total. The van der Waals surface area contributed by atoms with E-state index in [2.05, 4.69) is 56.8 Å². The van der Waals surface area contributed by atoms with E-state index in [-0.39, 0.29) is 11.8 Å². The summed E-state index contributed by atoms with van der Waals surface area (Å²) in [6, 6.07) is 17.0. The van der Waals surface area contributed by atoms with Crippen molar-refractivity contribution in [3.63, 3.8) is 0 Å². The summed E-state index contributed by atoms with van der Waals surface area (Å²) in [6.07, 6.45) is 1.05. The first-order chi connectivity index (χ1) is 16.7. The summed E-state index contributed by atoms with van der Waals surface area (Å²) < 4.78 is 5.49. The second kappa shape index (κ2) is 8.80. The number of benzene rings is 2. The Kier molecular flexibility index (Phi) is 5.49. The van der Waals surface area contributed by atoms with Gasteiger partial charge in [0.25, 0.3) is 0 Å². The van der Waals surface area contributed by atoms with Gasteiger partial charge >= 0.3 is 0 Å². The van der Waals surface area contributed by atoms with E-state index in [1.54, 1.807) is 7.11 Å². The molecule has 3 aromatic rings. The van der Waals surface area contributed by atoms with Crippen molar-refractivity contribution in [3.8, 4) is 17.0 Å². The number of aromatic nitrogens is 1. The first-order valence-corrected chi connectivity index (χ1v) is 12.3. The van der Waals surface area contributed by atoms with Gasteiger partial charge < -0.3 is 25.2 Å². The summed E-state index contributed by atoms with van der Waals surface area (Å²) in [5.74, 6) is 1.48. The summed E-state index contributed by atoms with van der Waals surface area (Å²) in [7, 11) is 1.69. The van der Waals surface area contributed by atoms with E-state index >= 15 is 0 Å². The zero-order valence-corrected chi connectivity index (χ0v) is 19.6. The number of piperazine rings is 1. The van der Waals surface area contributed by atoms with E-state index in [1.807, 2.05) is 12.1 Å². The standard InChI is InChI=1S/C27H31N5O2/c1-34-21-6-7-22-25(14-21)30-24(18-2-4-20(5-3-18)31-12-10-28-11-13-31)15-26(22)32-16-19-8-9-29-27(33)23(19)17-32/h2-7,14-15,19,23,28H,8-13,16-17H2,1H3,(H,29,33). The quantitative estimate of drug-likeness (QED) is 0.628. The van der Waals surface area contributed by atoms with Gasteiger partial charge in [0, 0.05) is 74.2 Å². The Morgan fingerprint density at radius 2 is 1.79 bits per heavy atom. The van der Waals surface area contributed by atoms with Gasteiger partial charge in [-0.3, -0.25) is 4.79 Å². The topological polar surface area (TPSA) is 69.7 Å². The van der Waals surface area contributed by atoms with Crippen molar-refractivity contribution >= 4 is 28.2 Å². The Morgan fingerprint density at radius 3 is 2.56 bits per heavy atom. The van der Waals surface area contributed by atoms with E-state index < -0.39 is 0 Å². The zero-order chi connectivity index (χ0) is 23.1. The summed E-state index contributed by atoms with van der Waals surface area (Å²) in [6.45, 7) is 6.55. The molecule has 2 atom stereocenters. The van der Waals surface area contributed by atoms with Crippen molar-refractivity contribution in [2.45, 2.75) is 6.42 Å². The van der Waals surface area contributed by atoms with Gasteiger partial charge in [-0.2, -0.15) is 0 Å². The molecular weight excluding hydrogens is 426 g/mol. The number of hydrogen-bond donors (Lipinski definition) is 2. The second-order valence-electron chi connectivity index (χ2n) is 9.54. The molecule has 7 heteroatoms. The minimum atomic E-state index is 0.0666. The van der Waals surface area contributed by atoms with Crippen LogP contribution in [0, 0.1) is 11.8 Å². The smallest absolute Gasteiger partial charge is 0.225 e. The molecule has 34 heavy (non-hydrogen) atoms. The van der Waals surface area contributed by atoms with Crippen molar-refractivity contribution in [1.29, 1.82) is 0 Å². The van der Waals surface area contributed by atoms with E-state index in [9.17, 15) is 4.79 Å². The molecule has 0 aliphatic carbocycles. The highest BCUT2D eigenvalue weighted by Crippen LogP contribution is 2.38. The molecule has 0 radical (unpaired) electrons. The fourth-order valence-corrected chi connectivity index (χ4v) is 5.66. The van der Waals surface area contributed by atoms with Gasteiger partial charge in [0.05, 0.1) is 24.2 Å². The number of methoxy groups -OCH3 is 1. The molecule has 3 aliphatic rings. The molecule has 176 valence electrons. The van der Waals surface area contributed by atoms with Gasteiger partial charge in [-0.15, -0.1) is 0 Å². The molecule has 3 saturated heterocycles. The Balaban J connectivity index is 1.38. The van der Waals surface area contributed by atoms with Crippen molar-refractivity contribution in [3.05, 3.63) is 48.5 Å². The van der Waals surface area contributed by atoms with Crippen LogP contribution in [0.25, 0.3) is 22.2 Å². The van der Waals surface area contributed by atoms with Gasteiger partial charge in [0.1, 0.15) is 5.75 Å². The number of ether oxygens (including phenoxy) is 1. The number of carbonyl (C=O) groups is 1. The highest BCUT2D eigenvalue weighted by atomic mass is 16.5. The molecule has 3 fully saturated rings. The molecule has 3 aliphatic heterocycles. The third-order valence-corrected chi connectivity index (χ3v) is 7.57. The number of rotatable bonds is 4. The molecule has 6 rings (SSSR count). The van der Waals surface area contributed by atoms with Crippen molar-refractivity contribution in [2.75, 3.05) is 62.7 Å². The lowest BCUT2D eigenvalue weighted by Crippen LogP contribution is -2.43. The molecule has 0 bridgehead atoms. The van der Waals surface area contributed by atoms with Crippen molar-refractivity contribution in [2.24, 2.45) is 11.8 Å². The maximum Gasteiger partial charge on any atom is 0.225 e. The molecule has 0 saturated carbocycles. The first-order valence-electron chi connectivity index (χ1n) is 12.3. The van der Waals surface area contributed by atoms with Gasteiger partial charge in [0.2, 0.25) is 5.91 Å². The van der Waals surface area contributed by atoms with Gasteiger partial charge in [-0.05, 0) is 42.7 Å². The number of piperidine rings is 1. The summed E-state index contributed by atoms with van der Waals surface area (Å²) >= 11 is 0. The fourth-order valence-electron chi connectivity index (χ4n) is 5.66. The Labute approximate surface area is 200 Å². The number of pyridine rings is 1. The highest BCUT2D eigenvalue weighted by molar-refractivity contribution is 5.95. The molecule has 2 unspecified atom stereocenters. The predicted molar refractivity (Wildman–Crippen MR) is 136 cm³/mol. The van der Waals surface area contributed by atoms with Gasteiger partial charge in [-0.1, -0.05) is 12.1 Å². The SMILES string of the molecule is COc1ccc2c(N3CC4CCNC(=O)C4C3)cc(-c3ccc(N4CCNCC4)cc3)nc2c1. The number of hydrogen-bond acceptors (Lipinski definition) is 6. The van der Waals surface area contributed by atoms with Crippen LogP contribution in [0.4, 0.5) is 11.4 Å². The molecule has 1 amide bonds. The van der Waals surface area contributed by atoms with Crippen LogP contribution in [-0.2, 0) is 4.79 Å². The average Bonchev–Trinajstić information content (AvgIpc) is 3.34. The highest BCUT2D eigenvalue weighted by Gasteiger charge is 2.40. The summed E-state index contributed by atoms with van der Waals surface area (Å²) in [4.78, 5) is 22.3. The normalized spacial score (nSPS) is 22.6. The summed E-state index contributed by atoms with van der Waals surface area (Å²) in [5, 5.41) is 7.55. The largest absolute Gasteiger partial charge is 0.497 e. The molecule has 4 heterocycles. The van der Waals surface area contributed by atoms with E-state index in [0.29, 0.717) is 5.92 Å². The molecule has 1 aromatic heterocycles. The minimum Gasteiger partial charge on any atom is -0.497 e. The van der Waals surface area contributed by atoms with Crippen LogP contribution in [0.15, 0.2) is 48.5 Å². The number of carbonyl (C=O) groups excluding carboxylic acids is 1. The fraction of sp³-hybridized carbons (Fsp3) is 0.407. The van der Waals surface area contributed by atoms with Crippen molar-refractivity contribution in [1.82, 2.24) is 15.6 Å². The van der Waals surface area contributed by atoms with Crippen LogP contribution in [0.1, 0.15) is 6.42 Å². The van der Waals surface area contributed by atoms with Crippen LogP contribution in [0.5, 0.6) is 5.75 Å². The number of nitrogens with one attached hydrogen (secondary N) is 2. The lowest BCUT2D eigenvalue weighted by atomic mass is 9.89. The number of nitrogens with zero attached hydrogens (tertiary/aromatic N) is 3. The molecule has 2 aromatic carbocycles. The van der Waals surface area contributed by atoms with Crippen molar-refractivity contribution < 1.29 is 9.53 Å². The molecular formula is C27H31N5O2. The first kappa shape index (κ1) is 21.2. The predicted octanol–water partition coefficient (Wildman–Crippen LogP) is 2.89. The van der Waals surface area contributed by atoms with Crippen LogP contribution in [0.3, 0.4) is 0 Å². The van der Waals surface area contributed by atoms with Crippen LogP contribution >= 0.6 is 0 Å². The van der Waals surface area contributed by atoms with E-state index in [4.69, 9.17) is 9.72 Å². The Bertz CT molecular complexity index is 1210. The lowest BCUT2D eigenvalue weighted by molar-refractivity contribution is -0.127. The maximum atomic E-state index is 12.5. The van der Waals surface area contributed by atoms with Gasteiger partial charge in [-0.25, -0.2) is 4.98 Å². The van der Waals surface area contributed by atoms with E-state index in [0.717, 1.165) is 85.8 Å². The maximum absolute atomic E-state index is 12.5. The van der Waals surface area contributed by atoms with Crippen LogP contribution < -0.4 is 25.2 Å². The summed E-state index contributed by atoms with van der Waals surface area (Å²) in [5.41, 5.74) is 5.36. The number of anilines is 2. The monoisotopic (exact) mass is 457 g/mol. The Morgan fingerprint density at radius 1 is 0.971 bits per heavy atom. The molecule has 7 nitrogen and oxygen atoms in total. The number of fused-ring (bicyclic) bond motifs is 2. The lowest BCUT2D eigenvalue weighted by Gasteiger charge is -2.29. The number of amides is 1. The minimum absolute atomic E-state index is 0.0666. The van der Waals surface area contributed by atoms with Crippen LogP contribution in [0.2, 0.25) is 0 Å². The zero-order valence-electron chi connectivity index (χ0n) is 19.6. The van der Waals surface area contributed by atoms with Gasteiger partial charge in [0.15, 0.2) is 0 Å².